The van der Waals surface area contributed by atoms with Gasteiger partial charge in [-0.1, -0.05) is 364 Å². The molecule has 0 bridgehead atoms. The first-order chi connectivity index (χ1) is 49.0. The molecule has 570 valence electrons. The normalized spacial score (nSPS) is 13.9. The van der Waals surface area contributed by atoms with Crippen LogP contribution in [0.2, 0.25) is 0 Å². The van der Waals surface area contributed by atoms with Crippen molar-refractivity contribution in [3.63, 3.8) is 0 Å². The molecule has 0 aliphatic carbocycles. The highest BCUT2D eigenvalue weighted by Gasteiger charge is 2.27. The number of likely N-dealkylation sites (N-methyl/N-ethyl adjacent to an activating group) is 1. The van der Waals surface area contributed by atoms with Crippen molar-refractivity contribution in [3.05, 3.63) is 170 Å². The van der Waals surface area contributed by atoms with E-state index in [0.29, 0.717) is 17.4 Å². The highest BCUT2D eigenvalue weighted by Crippen LogP contribution is 2.43. The molecule has 0 aromatic rings. The standard InChI is InChI=1S/C90H152NO8P/c1-6-8-10-12-14-16-18-20-22-24-26-28-30-32-34-36-38-40-42-43-44-45-46-47-49-51-53-55-57-59-61-63-65-67-69-71-73-75-77-79-81-83-90(93)99-88(87-98-100(94,95)97-85-84-91(3,4)5)86-96-89(92)82-80-78-76-74-72-70-68-66-64-62-60-58-56-54-52-50-48-41-39-37-35-33-31-29-27-25-23-21-19-17-15-13-11-9-7-2/h8-11,14-17,20-23,26-29,32-35,38-41,43-44,50,52,88H,6-7,12-13,18-19,24-25,30-31,36-37,42,45-49,51,53-87H2,1-5H3/p+1/b10-8-,11-9-,16-14-,17-15-,22-20-,23-21-,28-26-,29-27-,34-32-,35-33-,40-38-,41-39-,44-43-,52-50-. The van der Waals surface area contributed by atoms with Gasteiger partial charge in [0, 0.05) is 12.8 Å². The zero-order valence-corrected chi connectivity index (χ0v) is 66.0. The Morgan fingerprint density at radius 3 is 0.800 bits per heavy atom. The number of phosphoric acid groups is 1. The van der Waals surface area contributed by atoms with E-state index in [0.717, 1.165) is 128 Å². The second-order valence-corrected chi connectivity index (χ2v) is 29.5. The molecule has 0 saturated carbocycles. The Kier molecular flexibility index (Phi) is 74.9. The van der Waals surface area contributed by atoms with Gasteiger partial charge >= 0.3 is 19.8 Å². The van der Waals surface area contributed by atoms with Gasteiger partial charge in [0.1, 0.15) is 19.8 Å². The molecule has 0 radical (unpaired) electrons. The first-order valence-electron chi connectivity index (χ1n) is 40.9. The highest BCUT2D eigenvalue weighted by atomic mass is 31.2. The minimum absolute atomic E-state index is 0.0267. The van der Waals surface area contributed by atoms with Gasteiger partial charge in [-0.25, -0.2) is 4.57 Å². The van der Waals surface area contributed by atoms with Crippen LogP contribution >= 0.6 is 7.82 Å². The Morgan fingerprint density at radius 1 is 0.310 bits per heavy atom. The van der Waals surface area contributed by atoms with Gasteiger partial charge in [0.2, 0.25) is 0 Å². The maximum absolute atomic E-state index is 12.9. The summed E-state index contributed by atoms with van der Waals surface area (Å²) in [6, 6.07) is 0. The molecule has 0 heterocycles. The van der Waals surface area contributed by atoms with E-state index >= 15 is 0 Å². The molecule has 0 spiro atoms. The molecule has 0 aromatic heterocycles. The number of carbonyl (C=O) groups excluding carboxylic acids is 2. The van der Waals surface area contributed by atoms with Crippen LogP contribution in [0.25, 0.3) is 0 Å². The lowest BCUT2D eigenvalue weighted by atomic mass is 10.0. The van der Waals surface area contributed by atoms with Gasteiger partial charge in [0.05, 0.1) is 27.7 Å². The molecular formula is C90H153NO8P+. The number of unbranched alkanes of at least 4 members (excludes halogenated alkanes) is 32. The molecule has 0 aliphatic rings. The maximum atomic E-state index is 12.9. The van der Waals surface area contributed by atoms with Crippen LogP contribution < -0.4 is 0 Å². The average Bonchev–Trinajstić information content (AvgIpc) is 1.30. The molecule has 9 nitrogen and oxygen atoms in total. The van der Waals surface area contributed by atoms with Crippen LogP contribution in [0.3, 0.4) is 0 Å². The van der Waals surface area contributed by atoms with Crippen molar-refractivity contribution in [2.24, 2.45) is 0 Å². The second-order valence-electron chi connectivity index (χ2n) is 28.0. The maximum Gasteiger partial charge on any atom is 0.472 e. The first-order valence-corrected chi connectivity index (χ1v) is 42.4. The van der Waals surface area contributed by atoms with Crippen molar-refractivity contribution in [1.29, 1.82) is 0 Å². The fraction of sp³-hybridized carbons (Fsp3) is 0.667. The quantitative estimate of drug-likeness (QED) is 0.0211. The Bertz CT molecular complexity index is 2300. The summed E-state index contributed by atoms with van der Waals surface area (Å²) in [5.74, 6) is -0.794. The van der Waals surface area contributed by atoms with Crippen molar-refractivity contribution in [3.8, 4) is 0 Å². The molecule has 2 atom stereocenters. The number of phosphoric ester groups is 1. The number of allylic oxidation sites excluding steroid dienone is 28. The minimum atomic E-state index is -4.40. The summed E-state index contributed by atoms with van der Waals surface area (Å²) in [6.07, 6.45) is 119. The number of esters is 2. The Labute approximate surface area is 617 Å². The van der Waals surface area contributed by atoms with E-state index in [9.17, 15) is 19.0 Å². The third-order valence-electron chi connectivity index (χ3n) is 17.2. The van der Waals surface area contributed by atoms with Crippen LogP contribution in [0.5, 0.6) is 0 Å². The first kappa shape index (κ1) is 95.4. The van der Waals surface area contributed by atoms with Crippen molar-refractivity contribution >= 4 is 19.8 Å². The van der Waals surface area contributed by atoms with E-state index in [1.54, 1.807) is 0 Å². The number of hydrogen-bond acceptors (Lipinski definition) is 7. The minimum Gasteiger partial charge on any atom is -0.462 e. The van der Waals surface area contributed by atoms with E-state index < -0.39 is 26.5 Å². The summed E-state index contributed by atoms with van der Waals surface area (Å²) in [4.78, 5) is 36.0. The van der Waals surface area contributed by atoms with E-state index in [2.05, 4.69) is 184 Å². The monoisotopic (exact) mass is 1410 g/mol. The van der Waals surface area contributed by atoms with Crippen molar-refractivity contribution in [1.82, 2.24) is 0 Å². The lowest BCUT2D eigenvalue weighted by molar-refractivity contribution is -0.870. The van der Waals surface area contributed by atoms with Crippen LogP contribution in [-0.4, -0.2) is 74.9 Å². The zero-order valence-electron chi connectivity index (χ0n) is 65.1. The average molecular weight is 1410 g/mol. The Balaban J connectivity index is 3.98. The molecule has 100 heavy (non-hydrogen) atoms. The SMILES string of the molecule is CC/C=C\C/C=C\C/C=C\C/C=C\C/C=C\C/C=C\C/C=C\CCCCCCCCCCCCCCCCCCCCCC(=O)OC(COC(=O)CCCCCCCCCCCCCCC/C=C\C/C=C\C/C=C\C/C=C\C/C=C\C/C=C\C/C=C\CC)COP(=O)(O)OCC[N+](C)(C)C. The number of nitrogens with zero attached hydrogens (tertiary/aromatic N) is 1. The van der Waals surface area contributed by atoms with E-state index in [4.69, 9.17) is 18.5 Å². The molecule has 2 unspecified atom stereocenters. The summed E-state index contributed by atoms with van der Waals surface area (Å²) in [5, 5.41) is 0. The molecule has 1 N–H and O–H groups in total. The van der Waals surface area contributed by atoms with Crippen LogP contribution in [-0.2, 0) is 32.7 Å². The summed E-state index contributed by atoms with van der Waals surface area (Å²) < 4.78 is 34.8. The Morgan fingerprint density at radius 2 is 0.540 bits per heavy atom. The largest absolute Gasteiger partial charge is 0.472 e. The predicted octanol–water partition coefficient (Wildman–Crippen LogP) is 27.6. The van der Waals surface area contributed by atoms with E-state index in [-0.39, 0.29) is 32.0 Å². The number of rotatable bonds is 74. The molecule has 0 fully saturated rings. The van der Waals surface area contributed by atoms with Gasteiger partial charge in [-0.2, -0.15) is 0 Å². The molecule has 0 aliphatic heterocycles. The number of quaternary nitrogens is 1. The van der Waals surface area contributed by atoms with E-state index in [1.807, 2.05) is 21.1 Å². The van der Waals surface area contributed by atoms with Crippen molar-refractivity contribution in [2.75, 3.05) is 47.5 Å². The molecular weight excluding hydrogens is 1250 g/mol. The van der Waals surface area contributed by atoms with Gasteiger partial charge in [0.15, 0.2) is 6.10 Å². The molecule has 0 amide bonds. The summed E-state index contributed by atoms with van der Waals surface area (Å²) in [5.41, 5.74) is 0. The summed E-state index contributed by atoms with van der Waals surface area (Å²) in [6.45, 7) is 4.22. The Hall–Kier alpha value is -4.63. The number of ether oxygens (including phenoxy) is 2. The van der Waals surface area contributed by atoms with Crippen LogP contribution in [0, 0.1) is 0 Å². The lowest BCUT2D eigenvalue weighted by Gasteiger charge is -2.24. The van der Waals surface area contributed by atoms with Crippen molar-refractivity contribution in [2.45, 2.75) is 341 Å². The molecule has 0 rings (SSSR count). The molecule has 10 heteroatoms. The number of hydrogen-bond donors (Lipinski definition) is 1. The predicted molar refractivity (Wildman–Crippen MR) is 436 cm³/mol. The van der Waals surface area contributed by atoms with Crippen molar-refractivity contribution < 1.29 is 42.1 Å². The van der Waals surface area contributed by atoms with Crippen LogP contribution in [0.1, 0.15) is 335 Å². The smallest absolute Gasteiger partial charge is 0.462 e. The van der Waals surface area contributed by atoms with Crippen LogP contribution in [0.4, 0.5) is 0 Å². The van der Waals surface area contributed by atoms with Gasteiger partial charge in [-0.05, 0) is 128 Å². The third-order valence-corrected chi connectivity index (χ3v) is 18.2. The van der Waals surface area contributed by atoms with Gasteiger partial charge in [-0.3, -0.25) is 18.6 Å². The molecule has 0 saturated heterocycles. The highest BCUT2D eigenvalue weighted by molar-refractivity contribution is 7.47. The summed E-state index contributed by atoms with van der Waals surface area (Å²) in [7, 11) is 1.47. The second kappa shape index (κ2) is 78.5. The molecule has 0 aromatic carbocycles. The zero-order chi connectivity index (χ0) is 72.5. The third kappa shape index (κ3) is 82.3. The topological polar surface area (TPSA) is 108 Å². The van der Waals surface area contributed by atoms with Crippen LogP contribution in [0.15, 0.2) is 170 Å². The number of carbonyl (C=O) groups is 2. The fourth-order valence-electron chi connectivity index (χ4n) is 11.1. The van der Waals surface area contributed by atoms with Gasteiger partial charge < -0.3 is 18.9 Å². The van der Waals surface area contributed by atoms with Gasteiger partial charge in [0.25, 0.3) is 0 Å². The lowest BCUT2D eigenvalue weighted by Crippen LogP contribution is -2.37. The summed E-state index contributed by atoms with van der Waals surface area (Å²) >= 11 is 0. The fourth-order valence-corrected chi connectivity index (χ4v) is 11.8. The van der Waals surface area contributed by atoms with E-state index in [1.165, 1.54) is 173 Å². The van der Waals surface area contributed by atoms with Gasteiger partial charge in [-0.15, -0.1) is 0 Å².